The van der Waals surface area contributed by atoms with Crippen LogP contribution in [0.4, 0.5) is 0 Å². The van der Waals surface area contributed by atoms with Gasteiger partial charge in [0.2, 0.25) is 0 Å². The molecule has 64 heavy (non-hydrogen) atoms. The van der Waals surface area contributed by atoms with E-state index >= 15 is 0 Å². The Morgan fingerprint density at radius 3 is 1.02 bits per heavy atom. The average molecular weight is 915 g/mol. The summed E-state index contributed by atoms with van der Waals surface area (Å²) in [5.41, 5.74) is -0.667. The van der Waals surface area contributed by atoms with E-state index in [1.807, 2.05) is 0 Å². The SMILES string of the molecule is CCCCCCC/C=C/CCCCCCCCCCCCCCCOC(=O)c1cccc(S(=O)(=O)O)c1C(=O)OCCCCCCCCCCCCCCC/C=C/CCCCCCC. The third-order valence-electron chi connectivity index (χ3n) is 12.5. The van der Waals surface area contributed by atoms with Crippen LogP contribution >= 0.6 is 0 Å². The average Bonchev–Trinajstić information content (AvgIpc) is 3.28. The zero-order valence-electron chi connectivity index (χ0n) is 41.5. The lowest BCUT2D eigenvalue weighted by molar-refractivity contribution is 0.0446. The summed E-state index contributed by atoms with van der Waals surface area (Å²) in [6.45, 7) is 4.82. The smallest absolute Gasteiger partial charge is 0.340 e. The summed E-state index contributed by atoms with van der Waals surface area (Å²) in [7, 11) is -4.77. The van der Waals surface area contributed by atoms with E-state index in [1.165, 1.54) is 218 Å². The number of hydrogen-bond acceptors (Lipinski definition) is 6. The van der Waals surface area contributed by atoms with Crippen LogP contribution in [-0.2, 0) is 19.6 Å². The van der Waals surface area contributed by atoms with Crippen LogP contribution in [0.2, 0.25) is 0 Å². The Morgan fingerprint density at radius 1 is 0.422 bits per heavy atom. The molecular formula is C56H98O7S. The van der Waals surface area contributed by atoms with Crippen LogP contribution in [0.1, 0.15) is 291 Å². The fourth-order valence-electron chi connectivity index (χ4n) is 8.43. The Morgan fingerprint density at radius 2 is 0.703 bits per heavy atom. The number of unbranched alkanes of at least 4 members (excludes halogenated alkanes) is 36. The number of benzene rings is 1. The molecule has 8 heteroatoms. The number of carbonyl (C=O) groups excluding carboxylic acids is 2. The first-order valence-electron chi connectivity index (χ1n) is 27.1. The summed E-state index contributed by atoms with van der Waals surface area (Å²) >= 11 is 0. The number of allylic oxidation sites excluding steroid dienone is 4. The second-order valence-electron chi connectivity index (χ2n) is 18.5. The lowest BCUT2D eigenvalue weighted by Crippen LogP contribution is -2.19. The molecule has 0 aliphatic heterocycles. The van der Waals surface area contributed by atoms with Gasteiger partial charge in [0.05, 0.1) is 24.3 Å². The van der Waals surface area contributed by atoms with Crippen LogP contribution in [0.3, 0.4) is 0 Å². The molecule has 0 bridgehead atoms. The molecule has 0 heterocycles. The molecule has 7 nitrogen and oxygen atoms in total. The van der Waals surface area contributed by atoms with Crippen molar-refractivity contribution in [2.75, 3.05) is 13.2 Å². The van der Waals surface area contributed by atoms with Gasteiger partial charge in [0.1, 0.15) is 4.90 Å². The van der Waals surface area contributed by atoms with Gasteiger partial charge in [-0.2, -0.15) is 8.42 Å². The molecule has 1 aromatic carbocycles. The van der Waals surface area contributed by atoms with Crippen LogP contribution in [0.15, 0.2) is 47.4 Å². The summed E-state index contributed by atoms with van der Waals surface area (Å²) in [6.07, 6.45) is 59.2. The van der Waals surface area contributed by atoms with E-state index in [-0.39, 0.29) is 18.8 Å². The highest BCUT2D eigenvalue weighted by atomic mass is 32.2. The van der Waals surface area contributed by atoms with Gasteiger partial charge in [-0.05, 0) is 76.3 Å². The van der Waals surface area contributed by atoms with Crippen LogP contribution in [0.5, 0.6) is 0 Å². The zero-order valence-corrected chi connectivity index (χ0v) is 42.4. The van der Waals surface area contributed by atoms with E-state index in [9.17, 15) is 22.6 Å². The van der Waals surface area contributed by atoms with Crippen molar-refractivity contribution in [2.45, 2.75) is 276 Å². The Bertz CT molecular complexity index is 1400. The molecule has 370 valence electrons. The number of carbonyl (C=O) groups is 2. The van der Waals surface area contributed by atoms with Crippen LogP contribution in [0, 0.1) is 0 Å². The largest absolute Gasteiger partial charge is 0.462 e. The van der Waals surface area contributed by atoms with E-state index < -0.39 is 32.5 Å². The topological polar surface area (TPSA) is 107 Å². The number of ether oxygens (including phenoxy) is 2. The Balaban J connectivity index is 2.11. The molecule has 1 rings (SSSR count). The zero-order chi connectivity index (χ0) is 46.4. The minimum absolute atomic E-state index is 0.111. The van der Waals surface area contributed by atoms with E-state index in [0.29, 0.717) is 12.8 Å². The normalized spacial score (nSPS) is 11.9. The molecule has 0 atom stereocenters. The lowest BCUT2D eigenvalue weighted by Gasteiger charge is -2.13. The molecule has 0 aliphatic carbocycles. The van der Waals surface area contributed by atoms with Crippen molar-refractivity contribution in [3.05, 3.63) is 53.6 Å². The maximum absolute atomic E-state index is 13.1. The summed E-state index contributed by atoms with van der Waals surface area (Å²) in [4.78, 5) is 25.5. The lowest BCUT2D eigenvalue weighted by atomic mass is 10.0. The second-order valence-corrected chi connectivity index (χ2v) is 19.9. The minimum Gasteiger partial charge on any atom is -0.462 e. The van der Waals surface area contributed by atoms with E-state index in [0.717, 1.165) is 44.6 Å². The molecule has 1 N–H and O–H groups in total. The van der Waals surface area contributed by atoms with Crippen molar-refractivity contribution < 1.29 is 32.0 Å². The molecule has 0 radical (unpaired) electrons. The predicted octanol–water partition coefficient (Wildman–Crippen LogP) is 18.0. The van der Waals surface area contributed by atoms with Gasteiger partial charge in [-0.25, -0.2) is 9.59 Å². The molecule has 0 unspecified atom stereocenters. The Kier molecular flexibility index (Phi) is 41.3. The second kappa shape index (κ2) is 44.4. The number of rotatable bonds is 47. The van der Waals surface area contributed by atoms with Gasteiger partial charge < -0.3 is 9.47 Å². The van der Waals surface area contributed by atoms with E-state index in [4.69, 9.17) is 9.47 Å². The first-order chi connectivity index (χ1) is 31.3. The molecular weight excluding hydrogens is 817 g/mol. The van der Waals surface area contributed by atoms with Gasteiger partial charge >= 0.3 is 11.9 Å². The first kappa shape index (κ1) is 59.6. The molecule has 1 aromatic rings. The molecule has 0 amide bonds. The molecule has 0 saturated heterocycles. The Labute approximate surface area is 394 Å². The molecule has 0 saturated carbocycles. The van der Waals surface area contributed by atoms with Gasteiger partial charge in [0, 0.05) is 0 Å². The maximum Gasteiger partial charge on any atom is 0.340 e. The van der Waals surface area contributed by atoms with Crippen LogP contribution in [0.25, 0.3) is 0 Å². The van der Waals surface area contributed by atoms with Gasteiger partial charge in [-0.3, -0.25) is 4.55 Å². The third kappa shape index (κ3) is 35.8. The fraction of sp³-hybridized carbons (Fsp3) is 0.786. The van der Waals surface area contributed by atoms with E-state index in [2.05, 4.69) is 38.2 Å². The van der Waals surface area contributed by atoms with Crippen LogP contribution < -0.4 is 0 Å². The molecule has 0 aromatic heterocycles. The number of hydrogen-bond donors (Lipinski definition) is 1. The summed E-state index contributed by atoms with van der Waals surface area (Å²) in [5, 5.41) is 0. The number of esters is 2. The van der Waals surface area contributed by atoms with Crippen molar-refractivity contribution in [1.82, 2.24) is 0 Å². The van der Waals surface area contributed by atoms with E-state index in [1.54, 1.807) is 0 Å². The standard InChI is InChI=1S/C56H98O7S/c1-3-5-7-9-11-13-15-17-19-21-23-25-27-29-31-33-35-37-39-41-43-45-50-62-55(57)52-48-47-49-53(64(59,60)61)54(52)56(58)63-51-46-44-42-40-38-36-34-32-30-28-26-24-22-20-18-16-14-12-10-8-6-4-2/h15-18,47-49H,3-14,19-46,50-51H2,1-2H3,(H,59,60,61)/b17-15+,18-16+. The maximum atomic E-state index is 13.1. The minimum atomic E-state index is -4.77. The first-order valence-corrected chi connectivity index (χ1v) is 28.5. The highest BCUT2D eigenvalue weighted by Gasteiger charge is 2.28. The molecule has 0 spiro atoms. The van der Waals surface area contributed by atoms with Crippen molar-refractivity contribution in [3.63, 3.8) is 0 Å². The highest BCUT2D eigenvalue weighted by Crippen LogP contribution is 2.23. The summed E-state index contributed by atoms with van der Waals surface area (Å²) in [6, 6.07) is 3.78. The third-order valence-corrected chi connectivity index (χ3v) is 13.4. The van der Waals surface area contributed by atoms with Crippen molar-refractivity contribution in [1.29, 1.82) is 0 Å². The monoisotopic (exact) mass is 915 g/mol. The van der Waals surface area contributed by atoms with Gasteiger partial charge in [0.25, 0.3) is 10.1 Å². The van der Waals surface area contributed by atoms with Crippen molar-refractivity contribution in [3.8, 4) is 0 Å². The van der Waals surface area contributed by atoms with Gasteiger partial charge in [-0.1, -0.05) is 237 Å². The summed E-state index contributed by atoms with van der Waals surface area (Å²) < 4.78 is 45.1. The van der Waals surface area contributed by atoms with Crippen molar-refractivity contribution >= 4 is 22.1 Å². The molecule has 0 aliphatic rings. The molecule has 0 fully saturated rings. The summed E-state index contributed by atoms with van der Waals surface area (Å²) in [5.74, 6) is -1.73. The van der Waals surface area contributed by atoms with Crippen molar-refractivity contribution in [2.24, 2.45) is 0 Å². The highest BCUT2D eigenvalue weighted by molar-refractivity contribution is 7.86. The van der Waals surface area contributed by atoms with Gasteiger partial charge in [0.15, 0.2) is 0 Å². The quantitative estimate of drug-likeness (QED) is 0.0300. The van der Waals surface area contributed by atoms with Crippen LogP contribution in [-0.4, -0.2) is 38.1 Å². The predicted molar refractivity (Wildman–Crippen MR) is 271 cm³/mol. The fourth-order valence-corrected chi connectivity index (χ4v) is 9.13. The Hall–Kier alpha value is -2.45. The van der Waals surface area contributed by atoms with Gasteiger partial charge in [-0.15, -0.1) is 0 Å².